The third-order valence-electron chi connectivity index (χ3n) is 15.9. The van der Waals surface area contributed by atoms with Gasteiger partial charge in [0, 0.05) is 54.9 Å². The van der Waals surface area contributed by atoms with E-state index in [0.29, 0.717) is 11.1 Å². The Morgan fingerprint density at radius 3 is 1.16 bits per heavy atom. The minimum Gasteiger partial charge on any atom is -0.309 e. The molecule has 3 nitrogen and oxygen atoms in total. The van der Waals surface area contributed by atoms with Gasteiger partial charge in [0.15, 0.2) is 5.78 Å². The topological polar surface area (TPSA) is 26.9 Å². The molecule has 3 heteroatoms. The molecule has 2 aromatic heterocycles. The van der Waals surface area contributed by atoms with Crippen molar-refractivity contribution in [1.29, 1.82) is 0 Å². The van der Waals surface area contributed by atoms with Crippen molar-refractivity contribution in [2.24, 2.45) is 0 Å². The summed E-state index contributed by atoms with van der Waals surface area (Å²) >= 11 is 0. The summed E-state index contributed by atoms with van der Waals surface area (Å²) in [4.78, 5) is 14.6. The molecule has 14 rings (SSSR count). The minimum atomic E-state index is -0.111. The lowest BCUT2D eigenvalue weighted by molar-refractivity contribution is 0.103. The molecule has 0 N–H and O–H groups in total. The lowest BCUT2D eigenvalue weighted by atomic mass is 9.82. The zero-order valence-corrected chi connectivity index (χ0v) is 39.6. The molecule has 0 saturated heterocycles. The van der Waals surface area contributed by atoms with Gasteiger partial charge in [-0.1, -0.05) is 173 Å². The van der Waals surface area contributed by atoms with E-state index >= 15 is 0 Å². The fraction of sp³-hybridized carbons (Fsp3) is 0.0896. The maximum Gasteiger partial charge on any atom is 0.193 e. The highest BCUT2D eigenvalue weighted by Gasteiger charge is 2.37. The highest BCUT2D eigenvalue weighted by Crippen LogP contribution is 2.53. The van der Waals surface area contributed by atoms with Gasteiger partial charge in [0.25, 0.3) is 0 Å². The summed E-state index contributed by atoms with van der Waals surface area (Å²) in [6.45, 7) is 9.38. The quantitative estimate of drug-likeness (QED) is 0.153. The van der Waals surface area contributed by atoms with Crippen molar-refractivity contribution >= 4 is 49.4 Å². The van der Waals surface area contributed by atoms with Gasteiger partial charge in [-0.15, -0.1) is 0 Å². The number of hydrogen-bond donors (Lipinski definition) is 0. The van der Waals surface area contributed by atoms with Gasteiger partial charge in [0.2, 0.25) is 0 Å². The van der Waals surface area contributed by atoms with Crippen LogP contribution < -0.4 is 0 Å². The summed E-state index contributed by atoms with van der Waals surface area (Å²) in [6.07, 6.45) is 0. The van der Waals surface area contributed by atoms with E-state index in [0.717, 1.165) is 33.6 Å². The van der Waals surface area contributed by atoms with Crippen molar-refractivity contribution in [3.05, 3.63) is 252 Å². The Morgan fingerprint density at radius 2 is 0.700 bits per heavy atom. The molecule has 0 atom stereocenters. The smallest absolute Gasteiger partial charge is 0.193 e. The molecule has 0 aliphatic heterocycles. The fourth-order valence-corrected chi connectivity index (χ4v) is 12.4. The second-order valence-electron chi connectivity index (χ2n) is 20.5. The van der Waals surface area contributed by atoms with Crippen LogP contribution in [0.1, 0.15) is 65.9 Å². The van der Waals surface area contributed by atoms with E-state index in [1.54, 1.807) is 0 Å². The van der Waals surface area contributed by atoms with Crippen LogP contribution in [0.2, 0.25) is 0 Å². The summed E-state index contributed by atoms with van der Waals surface area (Å²) < 4.78 is 4.83. The van der Waals surface area contributed by atoms with Crippen LogP contribution in [0.3, 0.4) is 0 Å². The Kier molecular flexibility index (Phi) is 8.53. The molecule has 0 saturated carbocycles. The van der Waals surface area contributed by atoms with Crippen molar-refractivity contribution in [1.82, 2.24) is 9.13 Å². The molecule has 70 heavy (non-hydrogen) atoms. The largest absolute Gasteiger partial charge is 0.309 e. The first kappa shape index (κ1) is 40.5. The van der Waals surface area contributed by atoms with E-state index in [1.165, 1.54) is 88.1 Å². The monoisotopic (exact) mass is 896 g/mol. The van der Waals surface area contributed by atoms with E-state index in [1.807, 2.05) is 36.4 Å². The summed E-state index contributed by atoms with van der Waals surface area (Å²) in [6, 6.07) is 78.6. The predicted molar refractivity (Wildman–Crippen MR) is 291 cm³/mol. The number of para-hydroxylation sites is 2. The number of nitrogens with zero attached hydrogens (tertiary/aromatic N) is 2. The van der Waals surface area contributed by atoms with Gasteiger partial charge < -0.3 is 9.13 Å². The van der Waals surface area contributed by atoms with Gasteiger partial charge >= 0.3 is 0 Å². The van der Waals surface area contributed by atoms with Crippen LogP contribution in [0.5, 0.6) is 0 Å². The molecular formula is C67H48N2O. The Hall–Kier alpha value is -8.53. The van der Waals surface area contributed by atoms with Crippen LogP contribution in [0.4, 0.5) is 0 Å². The van der Waals surface area contributed by atoms with E-state index in [2.05, 4.69) is 219 Å². The third kappa shape index (κ3) is 5.78. The number of carbonyl (C=O) groups is 1. The van der Waals surface area contributed by atoms with Crippen LogP contribution in [0.15, 0.2) is 218 Å². The lowest BCUT2D eigenvalue weighted by Gasteiger charge is -2.21. The molecule has 12 aromatic rings. The number of hydrogen-bond acceptors (Lipinski definition) is 1. The van der Waals surface area contributed by atoms with Gasteiger partial charge in [-0.25, -0.2) is 0 Å². The van der Waals surface area contributed by atoms with Crippen LogP contribution in [0.25, 0.3) is 99.5 Å². The Balaban J connectivity index is 0.810. The zero-order valence-electron chi connectivity index (χ0n) is 39.6. The minimum absolute atomic E-state index is 0.00395. The second-order valence-corrected chi connectivity index (χ2v) is 20.5. The van der Waals surface area contributed by atoms with Gasteiger partial charge in [-0.2, -0.15) is 0 Å². The molecule has 2 heterocycles. The third-order valence-corrected chi connectivity index (χ3v) is 15.9. The van der Waals surface area contributed by atoms with Crippen LogP contribution in [-0.4, -0.2) is 14.9 Å². The maximum atomic E-state index is 14.6. The molecule has 0 spiro atoms. The number of ketones is 1. The molecule has 0 radical (unpaired) electrons. The molecular weight excluding hydrogens is 849 g/mol. The molecule has 0 unspecified atom stereocenters. The first-order valence-electron chi connectivity index (χ1n) is 24.5. The number of carbonyl (C=O) groups excluding carboxylic acids is 1. The Labute approximate surface area is 407 Å². The van der Waals surface area contributed by atoms with Crippen molar-refractivity contribution in [3.63, 3.8) is 0 Å². The maximum absolute atomic E-state index is 14.6. The zero-order chi connectivity index (χ0) is 47.0. The molecule has 2 aliphatic rings. The Bertz CT molecular complexity index is 3940. The average molecular weight is 897 g/mol. The van der Waals surface area contributed by atoms with E-state index in [9.17, 15) is 4.79 Å². The highest BCUT2D eigenvalue weighted by molar-refractivity contribution is 6.13. The SMILES string of the molecule is CC1(C)c2ccccc2-c2cc3c4ccccc4n(-c4cccc(-c5cccc(C(=O)c6cccc(-c7cccc(-n8c9ccccc9c9cc%10c(cc98)C(C)(C)c8ccccc8-%10)c7)c6)c5)c4)c3cc21. The standard InChI is InChI=1S/C67H48N2O/c1-66(2)57-29-9-5-25-49(57)53-37-55-51-27-7-11-31-61(51)68(63(55)39-59(53)66)47-23-15-19-43(35-47)41-17-13-21-45(33-41)65(70)46-22-14-18-42(34-46)44-20-16-24-48(36-44)69-62-32-12-8-28-52(62)56-38-54-50-26-6-10-30-58(50)67(3,4)60(54)40-64(56)69/h5-40H,1-4H3. The number of benzene rings is 10. The van der Waals surface area contributed by atoms with Crippen molar-refractivity contribution < 1.29 is 4.79 Å². The van der Waals surface area contributed by atoms with Gasteiger partial charge in [0.1, 0.15) is 0 Å². The molecule has 0 amide bonds. The molecule has 0 bridgehead atoms. The normalized spacial score (nSPS) is 14.0. The highest BCUT2D eigenvalue weighted by atomic mass is 16.1. The van der Waals surface area contributed by atoms with Crippen LogP contribution in [0, 0.1) is 0 Å². The fourth-order valence-electron chi connectivity index (χ4n) is 12.4. The molecule has 0 fully saturated rings. The first-order valence-corrected chi connectivity index (χ1v) is 24.5. The number of fused-ring (bicyclic) bond motifs is 12. The summed E-state index contributed by atoms with van der Waals surface area (Å²) in [5.74, 6) is -0.00395. The van der Waals surface area contributed by atoms with Gasteiger partial charge in [-0.3, -0.25) is 4.79 Å². The molecule has 10 aromatic carbocycles. The van der Waals surface area contributed by atoms with Gasteiger partial charge in [0.05, 0.1) is 22.1 Å². The number of rotatable bonds is 6. The summed E-state index contributed by atoms with van der Waals surface area (Å²) in [7, 11) is 0. The van der Waals surface area contributed by atoms with E-state index < -0.39 is 0 Å². The van der Waals surface area contributed by atoms with Crippen molar-refractivity contribution in [3.8, 4) is 55.9 Å². The lowest BCUT2D eigenvalue weighted by Crippen LogP contribution is -2.14. The average Bonchev–Trinajstić information content (AvgIpc) is 4.06. The van der Waals surface area contributed by atoms with Gasteiger partial charge in [-0.05, 0) is 140 Å². The Morgan fingerprint density at radius 1 is 0.314 bits per heavy atom. The predicted octanol–water partition coefficient (Wildman–Crippen LogP) is 17.1. The summed E-state index contributed by atoms with van der Waals surface area (Å²) in [5, 5.41) is 4.97. The summed E-state index contributed by atoms with van der Waals surface area (Å²) in [5.41, 5.74) is 22.9. The molecule has 2 aliphatic carbocycles. The van der Waals surface area contributed by atoms with Crippen LogP contribution in [-0.2, 0) is 10.8 Å². The molecule has 332 valence electrons. The van der Waals surface area contributed by atoms with Crippen molar-refractivity contribution in [2.75, 3.05) is 0 Å². The van der Waals surface area contributed by atoms with E-state index in [-0.39, 0.29) is 16.6 Å². The second kappa shape index (κ2) is 14.7. The number of aromatic nitrogens is 2. The first-order chi connectivity index (χ1) is 34.1. The van der Waals surface area contributed by atoms with E-state index in [4.69, 9.17) is 0 Å². The van der Waals surface area contributed by atoms with Crippen LogP contribution >= 0.6 is 0 Å². The van der Waals surface area contributed by atoms with Crippen molar-refractivity contribution in [2.45, 2.75) is 38.5 Å².